The number of hydrogen-bond donors (Lipinski definition) is 1. The lowest BCUT2D eigenvalue weighted by molar-refractivity contribution is 0.0162. The SMILES string of the molecule is CC1CCCC(CO)(CN(C)C(C)C(C)C)C1. The van der Waals surface area contributed by atoms with Crippen molar-refractivity contribution in [3.05, 3.63) is 0 Å². The van der Waals surface area contributed by atoms with E-state index in [0.717, 1.165) is 12.5 Å². The van der Waals surface area contributed by atoms with E-state index in [1.807, 2.05) is 0 Å². The summed E-state index contributed by atoms with van der Waals surface area (Å²) in [6.45, 7) is 10.6. The fraction of sp³-hybridized carbons (Fsp3) is 1.00. The van der Waals surface area contributed by atoms with E-state index in [2.05, 4.69) is 39.6 Å². The molecule has 0 radical (unpaired) electrons. The molecule has 0 aromatic rings. The van der Waals surface area contributed by atoms with E-state index in [1.54, 1.807) is 0 Å². The van der Waals surface area contributed by atoms with Gasteiger partial charge in [0.15, 0.2) is 0 Å². The number of aliphatic hydroxyl groups is 1. The molecular weight excluding hydrogens is 210 g/mol. The van der Waals surface area contributed by atoms with Crippen molar-refractivity contribution in [3.8, 4) is 0 Å². The van der Waals surface area contributed by atoms with Crippen molar-refractivity contribution < 1.29 is 5.11 Å². The van der Waals surface area contributed by atoms with Crippen molar-refractivity contribution >= 4 is 0 Å². The van der Waals surface area contributed by atoms with Crippen molar-refractivity contribution in [2.45, 2.75) is 59.4 Å². The van der Waals surface area contributed by atoms with Crippen LogP contribution in [0.5, 0.6) is 0 Å². The fourth-order valence-electron chi connectivity index (χ4n) is 3.29. The van der Waals surface area contributed by atoms with Gasteiger partial charge in [-0.1, -0.05) is 33.6 Å². The second-order valence-corrected chi connectivity index (χ2v) is 6.76. The van der Waals surface area contributed by atoms with E-state index >= 15 is 0 Å². The van der Waals surface area contributed by atoms with Gasteiger partial charge in [0.1, 0.15) is 0 Å². The number of hydrogen-bond acceptors (Lipinski definition) is 2. The van der Waals surface area contributed by atoms with Crippen LogP contribution in [0.25, 0.3) is 0 Å². The molecule has 1 aliphatic rings. The van der Waals surface area contributed by atoms with Gasteiger partial charge in [-0.25, -0.2) is 0 Å². The summed E-state index contributed by atoms with van der Waals surface area (Å²) in [4.78, 5) is 2.44. The monoisotopic (exact) mass is 241 g/mol. The molecule has 0 aromatic carbocycles. The highest BCUT2D eigenvalue weighted by atomic mass is 16.3. The zero-order valence-electron chi connectivity index (χ0n) is 12.4. The Kier molecular flexibility index (Phi) is 5.46. The molecule has 3 unspecified atom stereocenters. The third-order valence-corrected chi connectivity index (χ3v) is 4.77. The largest absolute Gasteiger partial charge is 0.396 e. The van der Waals surface area contributed by atoms with Gasteiger partial charge >= 0.3 is 0 Å². The van der Waals surface area contributed by atoms with Gasteiger partial charge in [0, 0.05) is 24.6 Å². The van der Waals surface area contributed by atoms with Crippen LogP contribution in [0.4, 0.5) is 0 Å². The quantitative estimate of drug-likeness (QED) is 0.799. The molecule has 0 heterocycles. The Hall–Kier alpha value is -0.0800. The van der Waals surface area contributed by atoms with Crippen LogP contribution in [-0.2, 0) is 0 Å². The number of aliphatic hydroxyl groups excluding tert-OH is 1. The van der Waals surface area contributed by atoms with Gasteiger partial charge in [0.05, 0.1) is 0 Å². The highest BCUT2D eigenvalue weighted by Crippen LogP contribution is 2.39. The summed E-state index contributed by atoms with van der Waals surface area (Å²) in [7, 11) is 2.21. The average Bonchev–Trinajstić information content (AvgIpc) is 2.27. The van der Waals surface area contributed by atoms with Gasteiger partial charge in [-0.2, -0.15) is 0 Å². The molecule has 0 bridgehead atoms. The molecular formula is C15H31NO. The lowest BCUT2D eigenvalue weighted by Crippen LogP contribution is -2.45. The fourth-order valence-corrected chi connectivity index (χ4v) is 3.29. The summed E-state index contributed by atoms with van der Waals surface area (Å²) in [5, 5.41) is 9.80. The van der Waals surface area contributed by atoms with E-state index in [4.69, 9.17) is 0 Å². The first-order valence-electron chi connectivity index (χ1n) is 7.21. The lowest BCUT2D eigenvalue weighted by atomic mass is 9.70. The second-order valence-electron chi connectivity index (χ2n) is 6.76. The Morgan fingerprint density at radius 2 is 2.00 bits per heavy atom. The highest BCUT2D eigenvalue weighted by molar-refractivity contribution is 4.88. The van der Waals surface area contributed by atoms with E-state index in [9.17, 15) is 5.11 Å². The smallest absolute Gasteiger partial charge is 0.0499 e. The maximum absolute atomic E-state index is 9.80. The molecule has 2 heteroatoms. The summed E-state index contributed by atoms with van der Waals surface area (Å²) in [6, 6.07) is 0.593. The Bertz CT molecular complexity index is 229. The van der Waals surface area contributed by atoms with Crippen molar-refractivity contribution in [3.63, 3.8) is 0 Å². The Labute approximate surface area is 107 Å². The lowest BCUT2D eigenvalue weighted by Gasteiger charge is -2.43. The molecule has 3 atom stereocenters. The number of rotatable bonds is 5. The van der Waals surface area contributed by atoms with Crippen LogP contribution in [0, 0.1) is 17.3 Å². The zero-order valence-corrected chi connectivity index (χ0v) is 12.4. The first kappa shape index (κ1) is 15.0. The summed E-state index contributed by atoms with van der Waals surface area (Å²) in [5.41, 5.74) is 0.162. The van der Waals surface area contributed by atoms with Crippen LogP contribution in [-0.4, -0.2) is 36.2 Å². The van der Waals surface area contributed by atoms with Crippen LogP contribution in [0.15, 0.2) is 0 Å². The first-order valence-corrected chi connectivity index (χ1v) is 7.21. The molecule has 0 amide bonds. The summed E-state index contributed by atoms with van der Waals surface area (Å²) >= 11 is 0. The zero-order chi connectivity index (χ0) is 13.1. The minimum absolute atomic E-state index is 0.162. The Morgan fingerprint density at radius 3 is 2.47 bits per heavy atom. The van der Waals surface area contributed by atoms with Gasteiger partial charge < -0.3 is 10.0 Å². The molecule has 0 aliphatic heterocycles. The molecule has 1 saturated carbocycles. The normalized spacial score (nSPS) is 32.1. The average molecular weight is 241 g/mol. The molecule has 1 fully saturated rings. The molecule has 17 heavy (non-hydrogen) atoms. The van der Waals surface area contributed by atoms with E-state index < -0.39 is 0 Å². The van der Waals surface area contributed by atoms with Crippen LogP contribution in [0.2, 0.25) is 0 Å². The standard InChI is InChI=1S/C15H31NO/c1-12(2)14(4)16(5)10-15(11-17)8-6-7-13(3)9-15/h12-14,17H,6-11H2,1-5H3. The van der Waals surface area contributed by atoms with E-state index in [-0.39, 0.29) is 5.41 Å². The Morgan fingerprint density at radius 1 is 1.35 bits per heavy atom. The third kappa shape index (κ3) is 3.96. The molecule has 1 N–H and O–H groups in total. The van der Waals surface area contributed by atoms with Crippen molar-refractivity contribution in [1.82, 2.24) is 4.90 Å². The minimum atomic E-state index is 0.162. The number of nitrogens with zero attached hydrogens (tertiary/aromatic N) is 1. The molecule has 0 saturated heterocycles. The molecule has 0 aromatic heterocycles. The van der Waals surface area contributed by atoms with Gasteiger partial charge in [-0.3, -0.25) is 0 Å². The Balaban J connectivity index is 2.62. The van der Waals surface area contributed by atoms with Crippen LogP contribution >= 0.6 is 0 Å². The predicted molar refractivity (Wildman–Crippen MR) is 74.1 cm³/mol. The van der Waals surface area contributed by atoms with Crippen LogP contribution < -0.4 is 0 Å². The van der Waals surface area contributed by atoms with Crippen LogP contribution in [0.1, 0.15) is 53.4 Å². The molecule has 1 rings (SSSR count). The van der Waals surface area contributed by atoms with E-state index in [0.29, 0.717) is 18.6 Å². The maximum atomic E-state index is 9.80. The molecule has 1 aliphatic carbocycles. The summed E-state index contributed by atoms with van der Waals surface area (Å²) < 4.78 is 0. The highest BCUT2D eigenvalue weighted by Gasteiger charge is 2.36. The topological polar surface area (TPSA) is 23.5 Å². The molecule has 2 nitrogen and oxygen atoms in total. The van der Waals surface area contributed by atoms with Crippen molar-refractivity contribution in [1.29, 1.82) is 0 Å². The molecule has 102 valence electrons. The predicted octanol–water partition coefficient (Wildman–Crippen LogP) is 3.15. The van der Waals surface area contributed by atoms with Crippen LogP contribution in [0.3, 0.4) is 0 Å². The minimum Gasteiger partial charge on any atom is -0.396 e. The van der Waals surface area contributed by atoms with Gasteiger partial charge in [-0.05, 0) is 38.6 Å². The summed E-state index contributed by atoms with van der Waals surface area (Å²) in [5.74, 6) is 1.45. The van der Waals surface area contributed by atoms with Crippen molar-refractivity contribution in [2.75, 3.05) is 20.2 Å². The van der Waals surface area contributed by atoms with Crippen molar-refractivity contribution in [2.24, 2.45) is 17.3 Å². The van der Waals surface area contributed by atoms with Gasteiger partial charge in [-0.15, -0.1) is 0 Å². The summed E-state index contributed by atoms with van der Waals surface area (Å²) in [6.07, 6.45) is 5.01. The molecule has 0 spiro atoms. The van der Waals surface area contributed by atoms with Gasteiger partial charge in [0.2, 0.25) is 0 Å². The van der Waals surface area contributed by atoms with E-state index in [1.165, 1.54) is 25.7 Å². The third-order valence-electron chi connectivity index (χ3n) is 4.77. The van der Waals surface area contributed by atoms with Gasteiger partial charge in [0.25, 0.3) is 0 Å². The maximum Gasteiger partial charge on any atom is 0.0499 e. The second kappa shape index (κ2) is 6.19. The first-order chi connectivity index (χ1) is 7.90.